The molecule has 0 spiro atoms. The van der Waals surface area contributed by atoms with Crippen LogP contribution in [0.4, 0.5) is 0 Å². The average molecular weight is 261 g/mol. The van der Waals surface area contributed by atoms with E-state index < -0.39 is 0 Å². The van der Waals surface area contributed by atoms with Crippen LogP contribution in [0.15, 0.2) is 30.3 Å². The van der Waals surface area contributed by atoms with E-state index >= 15 is 0 Å². The van der Waals surface area contributed by atoms with Crippen LogP contribution in [-0.2, 0) is 0 Å². The summed E-state index contributed by atoms with van der Waals surface area (Å²) in [6.45, 7) is 0. The number of benzene rings is 1. The van der Waals surface area contributed by atoms with Crippen molar-refractivity contribution in [3.63, 3.8) is 0 Å². The molecule has 0 radical (unpaired) electrons. The van der Waals surface area contributed by atoms with Crippen molar-refractivity contribution in [1.82, 2.24) is 0 Å². The van der Waals surface area contributed by atoms with Gasteiger partial charge in [0.1, 0.15) is 0 Å². The summed E-state index contributed by atoms with van der Waals surface area (Å²) in [5.41, 5.74) is 2.78. The SMILES string of the molecule is [Br-].[Mg+2].[c-]1ccccc1C1=CCCCC1. The second-order valence-corrected chi connectivity index (χ2v) is 3.25. The summed E-state index contributed by atoms with van der Waals surface area (Å²) in [4.78, 5) is 0. The van der Waals surface area contributed by atoms with E-state index in [1.165, 1.54) is 36.8 Å². The van der Waals surface area contributed by atoms with Crippen LogP contribution in [0.3, 0.4) is 0 Å². The van der Waals surface area contributed by atoms with Crippen LogP contribution in [0.1, 0.15) is 31.2 Å². The van der Waals surface area contributed by atoms with Gasteiger partial charge in [-0.2, -0.15) is 0 Å². The van der Waals surface area contributed by atoms with Gasteiger partial charge in [-0.1, -0.05) is 19.3 Å². The molecule has 0 fully saturated rings. The molecule has 0 heterocycles. The maximum atomic E-state index is 3.27. The minimum Gasteiger partial charge on any atom is -1.00 e. The monoisotopic (exact) mass is 260 g/mol. The van der Waals surface area contributed by atoms with Crippen molar-refractivity contribution in [3.8, 4) is 0 Å². The molecule has 0 saturated carbocycles. The third kappa shape index (κ3) is 3.75. The largest absolute Gasteiger partial charge is 2.00 e. The molecule has 0 amide bonds. The van der Waals surface area contributed by atoms with E-state index in [4.69, 9.17) is 0 Å². The summed E-state index contributed by atoms with van der Waals surface area (Å²) in [6, 6.07) is 11.5. The first kappa shape index (κ1) is 14.2. The zero-order valence-corrected chi connectivity index (χ0v) is 11.3. The number of hydrogen-bond donors (Lipinski definition) is 0. The van der Waals surface area contributed by atoms with Crippen molar-refractivity contribution in [2.24, 2.45) is 0 Å². The third-order valence-corrected chi connectivity index (χ3v) is 2.35. The van der Waals surface area contributed by atoms with Gasteiger partial charge in [-0.25, -0.2) is 0 Å². The predicted molar refractivity (Wildman–Crippen MR) is 57.5 cm³/mol. The molecule has 0 aliphatic heterocycles. The van der Waals surface area contributed by atoms with Crippen LogP contribution in [0.2, 0.25) is 0 Å². The molecule has 0 atom stereocenters. The molecule has 1 aliphatic carbocycles. The average Bonchev–Trinajstić information content (AvgIpc) is 2.21. The molecule has 14 heavy (non-hydrogen) atoms. The Hall–Kier alpha value is 0.206. The van der Waals surface area contributed by atoms with E-state index in [-0.39, 0.29) is 40.0 Å². The topological polar surface area (TPSA) is 0 Å². The van der Waals surface area contributed by atoms with Gasteiger partial charge in [-0.05, 0) is 6.42 Å². The molecule has 70 valence electrons. The van der Waals surface area contributed by atoms with Crippen molar-refractivity contribution in [3.05, 3.63) is 42.0 Å². The summed E-state index contributed by atoms with van der Waals surface area (Å²) >= 11 is 0. The molecule has 0 bridgehead atoms. The number of halogens is 1. The summed E-state index contributed by atoms with van der Waals surface area (Å²) in [5, 5.41) is 0. The standard InChI is InChI=1S/C12H13.BrH.Mg/c1-3-7-11(8-4-1)12-9-5-2-6-10-12;;/h1,3-4,7,9H,2,5-6,10H2;1H;/q-1;;+2/p-1. The quantitative estimate of drug-likeness (QED) is 0.496. The van der Waals surface area contributed by atoms with Crippen molar-refractivity contribution in [2.75, 3.05) is 0 Å². The van der Waals surface area contributed by atoms with Gasteiger partial charge in [-0.15, -0.1) is 47.5 Å². The van der Waals surface area contributed by atoms with Crippen molar-refractivity contribution in [2.45, 2.75) is 25.7 Å². The van der Waals surface area contributed by atoms with Gasteiger partial charge < -0.3 is 17.0 Å². The second kappa shape index (κ2) is 7.49. The molecule has 0 nitrogen and oxygen atoms in total. The van der Waals surface area contributed by atoms with E-state index in [9.17, 15) is 0 Å². The maximum absolute atomic E-state index is 3.27. The minimum absolute atomic E-state index is 0. The summed E-state index contributed by atoms with van der Waals surface area (Å²) in [5.74, 6) is 0. The molecule has 1 aliphatic rings. The smallest absolute Gasteiger partial charge is 1.00 e. The van der Waals surface area contributed by atoms with Gasteiger partial charge in [0.25, 0.3) is 0 Å². The molecular weight excluding hydrogens is 248 g/mol. The van der Waals surface area contributed by atoms with Crippen molar-refractivity contribution < 1.29 is 17.0 Å². The van der Waals surface area contributed by atoms with Crippen LogP contribution < -0.4 is 17.0 Å². The molecule has 2 heteroatoms. The molecule has 2 rings (SSSR count). The Balaban J connectivity index is 0.000000845. The summed E-state index contributed by atoms with van der Waals surface area (Å²) in [6.07, 6.45) is 7.54. The zero-order chi connectivity index (χ0) is 8.23. The first-order chi connectivity index (χ1) is 5.97. The minimum atomic E-state index is 0. The van der Waals surface area contributed by atoms with Gasteiger partial charge in [0, 0.05) is 0 Å². The summed E-state index contributed by atoms with van der Waals surface area (Å²) in [7, 11) is 0. The number of hydrogen-bond acceptors (Lipinski definition) is 0. The number of rotatable bonds is 1. The van der Waals surface area contributed by atoms with E-state index in [0.29, 0.717) is 0 Å². The van der Waals surface area contributed by atoms with E-state index in [1.54, 1.807) is 0 Å². The maximum Gasteiger partial charge on any atom is 2.00 e. The van der Waals surface area contributed by atoms with Gasteiger partial charge >= 0.3 is 23.1 Å². The first-order valence-electron chi connectivity index (χ1n) is 4.63. The summed E-state index contributed by atoms with van der Waals surface area (Å²) < 4.78 is 0. The zero-order valence-electron chi connectivity index (χ0n) is 8.30. The fourth-order valence-electron chi connectivity index (χ4n) is 1.68. The molecule has 1 aromatic rings. The second-order valence-electron chi connectivity index (χ2n) is 3.25. The number of allylic oxidation sites excluding steroid dienone is 2. The normalized spacial score (nSPS) is 14.7. The Morgan fingerprint density at radius 1 is 1.14 bits per heavy atom. The van der Waals surface area contributed by atoms with Gasteiger partial charge in [0.15, 0.2) is 0 Å². The van der Waals surface area contributed by atoms with Crippen LogP contribution in [0, 0.1) is 6.07 Å². The Morgan fingerprint density at radius 3 is 2.57 bits per heavy atom. The van der Waals surface area contributed by atoms with Crippen molar-refractivity contribution in [1.29, 1.82) is 0 Å². The van der Waals surface area contributed by atoms with Gasteiger partial charge in [0.05, 0.1) is 0 Å². The molecular formula is C12H13BrMg. The van der Waals surface area contributed by atoms with Crippen LogP contribution in [0.5, 0.6) is 0 Å². The Kier molecular flexibility index (Phi) is 7.60. The molecule has 0 saturated heterocycles. The molecule has 0 unspecified atom stereocenters. The van der Waals surface area contributed by atoms with Gasteiger partial charge in [0.2, 0.25) is 0 Å². The predicted octanol–water partition coefficient (Wildman–Crippen LogP) is 0.0674. The van der Waals surface area contributed by atoms with Crippen LogP contribution in [0.25, 0.3) is 5.57 Å². The van der Waals surface area contributed by atoms with Crippen LogP contribution in [-0.4, -0.2) is 23.1 Å². The fourth-order valence-corrected chi connectivity index (χ4v) is 1.68. The van der Waals surface area contributed by atoms with Crippen molar-refractivity contribution >= 4 is 28.6 Å². The van der Waals surface area contributed by atoms with E-state index in [0.717, 1.165) is 0 Å². The Labute approximate surface area is 113 Å². The van der Waals surface area contributed by atoms with Crippen LogP contribution >= 0.6 is 0 Å². The fraction of sp³-hybridized carbons (Fsp3) is 0.333. The van der Waals surface area contributed by atoms with E-state index in [1.807, 2.05) is 12.1 Å². The van der Waals surface area contributed by atoms with Gasteiger partial charge in [-0.3, -0.25) is 0 Å². The molecule has 0 N–H and O–H groups in total. The Morgan fingerprint density at radius 2 is 2.00 bits per heavy atom. The first-order valence-corrected chi connectivity index (χ1v) is 4.63. The van der Waals surface area contributed by atoms with E-state index in [2.05, 4.69) is 24.3 Å². The molecule has 1 aromatic carbocycles. The molecule has 0 aromatic heterocycles. The third-order valence-electron chi connectivity index (χ3n) is 2.35. The Bertz CT molecular complexity index is 280.